The zero-order valence-corrected chi connectivity index (χ0v) is 10.5. The van der Waals surface area contributed by atoms with Gasteiger partial charge in [-0.2, -0.15) is 5.26 Å². The molecule has 3 N–H and O–H groups in total. The van der Waals surface area contributed by atoms with Crippen LogP contribution in [0.3, 0.4) is 0 Å². The minimum Gasteiger partial charge on any atom is -0.325 e. The molecular formula is C14H14FN3O. The maximum Gasteiger partial charge on any atom is 0.231 e. The molecule has 5 heteroatoms. The van der Waals surface area contributed by atoms with Gasteiger partial charge in [-0.05, 0) is 25.5 Å². The quantitative estimate of drug-likeness (QED) is 0.795. The second-order valence-electron chi connectivity index (χ2n) is 4.62. The first kappa shape index (κ1) is 13.2. The van der Waals surface area contributed by atoms with Crippen molar-refractivity contribution < 1.29 is 9.18 Å². The number of halogens is 1. The monoisotopic (exact) mass is 259 g/mol. The van der Waals surface area contributed by atoms with Crippen molar-refractivity contribution in [2.45, 2.75) is 19.4 Å². The zero-order valence-electron chi connectivity index (χ0n) is 10.5. The molecule has 0 radical (unpaired) electrons. The van der Waals surface area contributed by atoms with Gasteiger partial charge >= 0.3 is 0 Å². The van der Waals surface area contributed by atoms with Crippen LogP contribution in [0.25, 0.3) is 0 Å². The van der Waals surface area contributed by atoms with E-state index in [1.165, 1.54) is 6.07 Å². The zero-order chi connectivity index (χ0) is 14.0. The third kappa shape index (κ3) is 2.80. The van der Waals surface area contributed by atoms with Crippen molar-refractivity contribution in [2.75, 3.05) is 5.32 Å². The normalized spacial score (nSPS) is 21.2. The molecule has 1 aromatic carbocycles. The molecule has 2 atom stereocenters. The molecule has 0 saturated carbocycles. The predicted octanol–water partition coefficient (Wildman–Crippen LogP) is 1.85. The molecule has 2 rings (SSSR count). The van der Waals surface area contributed by atoms with Gasteiger partial charge in [0.2, 0.25) is 5.91 Å². The van der Waals surface area contributed by atoms with E-state index in [2.05, 4.69) is 5.32 Å². The highest BCUT2D eigenvalue weighted by atomic mass is 19.1. The average molecular weight is 259 g/mol. The van der Waals surface area contributed by atoms with Gasteiger partial charge in [-0.1, -0.05) is 12.2 Å². The van der Waals surface area contributed by atoms with Gasteiger partial charge in [-0.25, -0.2) is 4.39 Å². The average Bonchev–Trinajstić information content (AvgIpc) is 2.81. The number of nitrogens with two attached hydrogens (primary N) is 1. The Bertz CT molecular complexity index is 589. The van der Waals surface area contributed by atoms with Gasteiger partial charge < -0.3 is 11.1 Å². The fourth-order valence-electron chi connectivity index (χ4n) is 2.02. The molecule has 0 spiro atoms. The van der Waals surface area contributed by atoms with E-state index in [0.717, 1.165) is 6.07 Å². The van der Waals surface area contributed by atoms with E-state index >= 15 is 0 Å². The predicted molar refractivity (Wildman–Crippen MR) is 69.7 cm³/mol. The summed E-state index contributed by atoms with van der Waals surface area (Å²) in [5.41, 5.74) is 6.51. The topological polar surface area (TPSA) is 78.9 Å². The van der Waals surface area contributed by atoms with Crippen LogP contribution in [-0.2, 0) is 4.79 Å². The van der Waals surface area contributed by atoms with Crippen LogP contribution in [0.1, 0.15) is 17.5 Å². The largest absolute Gasteiger partial charge is 0.325 e. The smallest absolute Gasteiger partial charge is 0.231 e. The van der Waals surface area contributed by atoms with Crippen LogP contribution in [0.5, 0.6) is 0 Å². The first-order valence-electron chi connectivity index (χ1n) is 5.96. The number of amides is 1. The number of carbonyl (C=O) groups excluding carboxylic acids is 1. The third-order valence-corrected chi connectivity index (χ3v) is 3.18. The van der Waals surface area contributed by atoms with Gasteiger partial charge in [0.05, 0.1) is 17.6 Å². The van der Waals surface area contributed by atoms with Gasteiger partial charge in [0.1, 0.15) is 5.82 Å². The van der Waals surface area contributed by atoms with Crippen molar-refractivity contribution in [1.29, 1.82) is 5.26 Å². The van der Waals surface area contributed by atoms with E-state index in [4.69, 9.17) is 11.0 Å². The van der Waals surface area contributed by atoms with Crippen molar-refractivity contribution in [3.05, 3.63) is 41.2 Å². The summed E-state index contributed by atoms with van der Waals surface area (Å²) in [6.45, 7) is 1.56. The highest BCUT2D eigenvalue weighted by Crippen LogP contribution is 2.23. The molecule has 1 aromatic rings. The maximum absolute atomic E-state index is 13.6. The van der Waals surface area contributed by atoms with Crippen LogP contribution in [0, 0.1) is 30.0 Å². The summed E-state index contributed by atoms with van der Waals surface area (Å²) in [5.74, 6) is -1.04. The minimum absolute atomic E-state index is 0.112. The number of hydrogen-bond donors (Lipinski definition) is 2. The Labute approximate surface area is 110 Å². The molecule has 0 aromatic heterocycles. The molecule has 1 aliphatic carbocycles. The molecule has 1 aliphatic rings. The lowest BCUT2D eigenvalue weighted by molar-refractivity contribution is -0.118. The summed E-state index contributed by atoms with van der Waals surface area (Å²) in [6.07, 6.45) is 4.08. The van der Waals surface area contributed by atoms with Crippen molar-refractivity contribution in [2.24, 2.45) is 11.7 Å². The molecule has 0 saturated heterocycles. The minimum atomic E-state index is -0.506. The molecule has 0 fully saturated rings. The molecule has 1 amide bonds. The van der Waals surface area contributed by atoms with Crippen LogP contribution >= 0.6 is 0 Å². The van der Waals surface area contributed by atoms with Crippen molar-refractivity contribution in [1.82, 2.24) is 0 Å². The Hall–Kier alpha value is -2.19. The summed E-state index contributed by atoms with van der Waals surface area (Å²) in [6, 6.07) is 4.36. The number of anilines is 1. The second-order valence-corrected chi connectivity index (χ2v) is 4.62. The van der Waals surface area contributed by atoms with Gasteiger partial charge in [0.25, 0.3) is 0 Å². The maximum atomic E-state index is 13.6. The Morgan fingerprint density at radius 2 is 2.26 bits per heavy atom. The number of benzene rings is 1. The molecule has 4 nitrogen and oxygen atoms in total. The highest BCUT2D eigenvalue weighted by Gasteiger charge is 2.23. The molecule has 2 unspecified atom stereocenters. The van der Waals surface area contributed by atoms with E-state index in [1.807, 2.05) is 6.07 Å². The summed E-state index contributed by atoms with van der Waals surface area (Å²) in [4.78, 5) is 12.0. The summed E-state index contributed by atoms with van der Waals surface area (Å²) in [5, 5.41) is 11.5. The van der Waals surface area contributed by atoms with E-state index in [1.54, 1.807) is 19.1 Å². The number of carbonyl (C=O) groups is 1. The Kier molecular flexibility index (Phi) is 3.63. The number of nitrogens with zero attached hydrogens (tertiary/aromatic N) is 1. The van der Waals surface area contributed by atoms with Gasteiger partial charge in [0, 0.05) is 17.3 Å². The fourth-order valence-corrected chi connectivity index (χ4v) is 2.02. The lowest BCUT2D eigenvalue weighted by Crippen LogP contribution is -2.24. The Morgan fingerprint density at radius 1 is 1.53 bits per heavy atom. The van der Waals surface area contributed by atoms with E-state index in [9.17, 15) is 9.18 Å². The number of hydrogen-bond acceptors (Lipinski definition) is 3. The van der Waals surface area contributed by atoms with Crippen LogP contribution in [-0.4, -0.2) is 11.9 Å². The van der Waals surface area contributed by atoms with Crippen LogP contribution < -0.4 is 11.1 Å². The second kappa shape index (κ2) is 5.21. The fraction of sp³-hybridized carbons (Fsp3) is 0.286. The third-order valence-electron chi connectivity index (χ3n) is 3.18. The van der Waals surface area contributed by atoms with Crippen LogP contribution in [0.4, 0.5) is 10.1 Å². The Balaban J connectivity index is 2.20. The first-order chi connectivity index (χ1) is 9.01. The number of nitriles is 1. The standard InChI is InChI=1S/C14H14FN3O/c1-8-12(15)4-9(7-16)5-13(8)18-14(19)10-2-3-11(17)6-10/h2-5,10-11H,6,17H2,1H3,(H,18,19). The van der Waals surface area contributed by atoms with E-state index < -0.39 is 5.82 Å². The number of nitrogens with one attached hydrogen (secondary N) is 1. The van der Waals surface area contributed by atoms with Crippen molar-refractivity contribution in [3.8, 4) is 6.07 Å². The SMILES string of the molecule is Cc1c(F)cc(C#N)cc1NC(=O)C1C=CC(N)C1. The number of rotatable bonds is 2. The summed E-state index contributed by atoms with van der Waals surface area (Å²) in [7, 11) is 0. The molecule has 0 aliphatic heterocycles. The lowest BCUT2D eigenvalue weighted by Gasteiger charge is -2.13. The molecule has 0 bridgehead atoms. The van der Waals surface area contributed by atoms with Crippen LogP contribution in [0.2, 0.25) is 0 Å². The van der Waals surface area contributed by atoms with Crippen LogP contribution in [0.15, 0.2) is 24.3 Å². The first-order valence-corrected chi connectivity index (χ1v) is 5.96. The van der Waals surface area contributed by atoms with Gasteiger partial charge in [-0.15, -0.1) is 0 Å². The highest BCUT2D eigenvalue weighted by molar-refractivity contribution is 5.94. The van der Waals surface area contributed by atoms with E-state index in [-0.39, 0.29) is 23.4 Å². The van der Waals surface area contributed by atoms with E-state index in [0.29, 0.717) is 17.7 Å². The van der Waals surface area contributed by atoms with Crippen molar-refractivity contribution in [3.63, 3.8) is 0 Å². The summed E-state index contributed by atoms with van der Waals surface area (Å²) < 4.78 is 13.6. The molecule has 19 heavy (non-hydrogen) atoms. The molecule has 98 valence electrons. The van der Waals surface area contributed by atoms with Gasteiger partial charge in [0.15, 0.2) is 0 Å². The molecular weight excluding hydrogens is 245 g/mol. The summed E-state index contributed by atoms with van der Waals surface area (Å²) >= 11 is 0. The van der Waals surface area contributed by atoms with Crippen molar-refractivity contribution >= 4 is 11.6 Å². The molecule has 0 heterocycles. The van der Waals surface area contributed by atoms with Gasteiger partial charge in [-0.3, -0.25) is 4.79 Å². The lowest BCUT2D eigenvalue weighted by atomic mass is 10.1. The Morgan fingerprint density at radius 3 is 2.84 bits per heavy atom.